The van der Waals surface area contributed by atoms with Crippen LogP contribution in [-0.4, -0.2) is 24.3 Å². The van der Waals surface area contributed by atoms with Crippen LogP contribution in [0.15, 0.2) is 0 Å². The predicted octanol–water partition coefficient (Wildman–Crippen LogP) is -0.413. The largest absolute Gasteiger partial charge is 0.396 e. The minimum atomic E-state index is 0.394. The first-order valence-electron chi connectivity index (χ1n) is 3.75. The summed E-state index contributed by atoms with van der Waals surface area (Å²) in [6, 6.07) is 0.828. The summed E-state index contributed by atoms with van der Waals surface area (Å²) in [6.07, 6.45) is 1.06. The van der Waals surface area contributed by atoms with Gasteiger partial charge in [-0.3, -0.25) is 0 Å². The third-order valence-electron chi connectivity index (χ3n) is 3.57. The smallest absolute Gasteiger partial charge is 0.0437 e. The summed E-state index contributed by atoms with van der Waals surface area (Å²) in [6.45, 7) is 1.63. The summed E-state index contributed by atoms with van der Waals surface area (Å²) in [7, 11) is 0. The van der Waals surface area contributed by atoms with E-state index in [9.17, 15) is 0 Å². The van der Waals surface area contributed by atoms with Gasteiger partial charge < -0.3 is 10.4 Å². The summed E-state index contributed by atoms with van der Waals surface area (Å²) in [5.74, 6) is 1.96. The van der Waals surface area contributed by atoms with Gasteiger partial charge in [0.15, 0.2) is 0 Å². The maximum absolute atomic E-state index is 8.70. The normalized spacial score (nSPS) is 65.7. The van der Waals surface area contributed by atoms with Crippen LogP contribution < -0.4 is 5.32 Å². The standard InChI is InChI=1S/C7H11NO/c9-2-1-7-4-3-8-6(7)5(4)7/h4-6,8-9H,1-3H2/t4-,5?,6?,7-/m1/s1. The molecule has 9 heavy (non-hydrogen) atoms. The van der Waals surface area contributed by atoms with Crippen molar-refractivity contribution in [3.8, 4) is 0 Å². The first-order valence-corrected chi connectivity index (χ1v) is 3.75. The van der Waals surface area contributed by atoms with Crippen molar-refractivity contribution in [2.75, 3.05) is 13.2 Å². The molecule has 2 nitrogen and oxygen atoms in total. The maximum Gasteiger partial charge on any atom is 0.0437 e. The van der Waals surface area contributed by atoms with Crippen molar-refractivity contribution in [2.45, 2.75) is 12.5 Å². The van der Waals surface area contributed by atoms with Crippen LogP contribution in [-0.2, 0) is 0 Å². The van der Waals surface area contributed by atoms with Crippen molar-refractivity contribution in [3.05, 3.63) is 0 Å². The van der Waals surface area contributed by atoms with Gasteiger partial charge in [-0.25, -0.2) is 0 Å². The zero-order chi connectivity index (χ0) is 6.06. The lowest BCUT2D eigenvalue weighted by Crippen LogP contribution is -2.12. The van der Waals surface area contributed by atoms with E-state index < -0.39 is 0 Å². The minimum Gasteiger partial charge on any atom is -0.396 e. The Balaban J connectivity index is 1.81. The van der Waals surface area contributed by atoms with Crippen molar-refractivity contribution in [1.82, 2.24) is 5.32 Å². The van der Waals surface area contributed by atoms with Gasteiger partial charge in [-0.1, -0.05) is 0 Å². The van der Waals surface area contributed by atoms with Crippen LogP contribution in [0.3, 0.4) is 0 Å². The van der Waals surface area contributed by atoms with Gasteiger partial charge in [-0.15, -0.1) is 0 Å². The second kappa shape index (κ2) is 1.06. The predicted molar refractivity (Wildman–Crippen MR) is 32.9 cm³/mol. The molecule has 0 aromatic rings. The Morgan fingerprint density at radius 1 is 1.67 bits per heavy atom. The Morgan fingerprint density at radius 2 is 2.56 bits per heavy atom. The summed E-state index contributed by atoms with van der Waals surface area (Å²) in [4.78, 5) is 0. The van der Waals surface area contributed by atoms with Crippen molar-refractivity contribution in [3.63, 3.8) is 0 Å². The molecule has 0 aromatic carbocycles. The SMILES string of the molecule is OCC[C@@]12C3NC[C@@H]1C32. The van der Waals surface area contributed by atoms with E-state index in [0.717, 1.165) is 24.3 Å². The number of hydrogen-bond donors (Lipinski definition) is 2. The number of aliphatic hydroxyl groups is 1. The second-order valence-electron chi connectivity index (χ2n) is 3.60. The van der Waals surface area contributed by atoms with Gasteiger partial charge in [0.1, 0.15) is 0 Å². The highest BCUT2D eigenvalue weighted by atomic mass is 16.3. The van der Waals surface area contributed by atoms with E-state index in [1.807, 2.05) is 0 Å². The topological polar surface area (TPSA) is 32.3 Å². The van der Waals surface area contributed by atoms with Crippen molar-refractivity contribution >= 4 is 0 Å². The molecule has 0 amide bonds. The van der Waals surface area contributed by atoms with Gasteiger partial charge in [0, 0.05) is 12.6 Å². The third kappa shape index (κ3) is 0.290. The van der Waals surface area contributed by atoms with Gasteiger partial charge in [-0.2, -0.15) is 0 Å². The molecule has 2 saturated carbocycles. The first kappa shape index (κ1) is 4.69. The Morgan fingerprint density at radius 3 is 3.00 bits per heavy atom. The van der Waals surface area contributed by atoms with Gasteiger partial charge in [0.05, 0.1) is 0 Å². The van der Waals surface area contributed by atoms with Crippen molar-refractivity contribution in [1.29, 1.82) is 0 Å². The molecule has 2 aliphatic carbocycles. The van der Waals surface area contributed by atoms with Gasteiger partial charge in [0.2, 0.25) is 0 Å². The lowest BCUT2D eigenvalue weighted by molar-refractivity contribution is 0.261. The molecular weight excluding hydrogens is 114 g/mol. The second-order valence-corrected chi connectivity index (χ2v) is 3.60. The van der Waals surface area contributed by atoms with E-state index in [1.165, 1.54) is 6.54 Å². The van der Waals surface area contributed by atoms with Crippen molar-refractivity contribution in [2.24, 2.45) is 17.3 Å². The van der Waals surface area contributed by atoms with Crippen LogP contribution in [0.4, 0.5) is 0 Å². The van der Waals surface area contributed by atoms with Gasteiger partial charge >= 0.3 is 0 Å². The summed E-state index contributed by atoms with van der Waals surface area (Å²) < 4.78 is 0. The van der Waals surface area contributed by atoms with Crippen LogP contribution in [0.5, 0.6) is 0 Å². The number of fused-ring (bicyclic) bond motifs is 1. The molecule has 2 saturated heterocycles. The number of rotatable bonds is 2. The lowest BCUT2D eigenvalue weighted by Gasteiger charge is -2.02. The van der Waals surface area contributed by atoms with Crippen LogP contribution in [0.2, 0.25) is 0 Å². The number of hydrogen-bond acceptors (Lipinski definition) is 2. The molecule has 0 spiro atoms. The van der Waals surface area contributed by atoms with E-state index in [-0.39, 0.29) is 0 Å². The third-order valence-corrected chi connectivity index (χ3v) is 3.57. The molecular formula is C7H11NO. The zero-order valence-corrected chi connectivity index (χ0v) is 5.30. The van der Waals surface area contributed by atoms with E-state index in [2.05, 4.69) is 5.32 Å². The summed E-state index contributed by atoms with van der Waals surface area (Å²) >= 11 is 0. The molecule has 2 unspecified atom stereocenters. The fourth-order valence-electron chi connectivity index (χ4n) is 3.00. The number of aliphatic hydroxyl groups excluding tert-OH is 1. The van der Waals surface area contributed by atoms with Crippen molar-refractivity contribution < 1.29 is 5.11 Å². The molecule has 0 radical (unpaired) electrons. The minimum absolute atomic E-state index is 0.394. The van der Waals surface area contributed by atoms with E-state index in [4.69, 9.17) is 5.11 Å². The Kier molecular flexibility index (Phi) is 0.552. The van der Waals surface area contributed by atoms with Gasteiger partial charge in [0.25, 0.3) is 0 Å². The molecule has 0 aromatic heterocycles. The van der Waals surface area contributed by atoms with E-state index >= 15 is 0 Å². The van der Waals surface area contributed by atoms with Crippen LogP contribution >= 0.6 is 0 Å². The molecule has 2 bridgehead atoms. The summed E-state index contributed by atoms with van der Waals surface area (Å²) in [5.41, 5.74) is 0.634. The Labute approximate surface area is 54.3 Å². The molecule has 2 heterocycles. The maximum atomic E-state index is 8.70. The highest BCUT2D eigenvalue weighted by Crippen LogP contribution is 2.84. The quantitative estimate of drug-likeness (QED) is 0.525. The molecule has 2 heteroatoms. The molecule has 50 valence electrons. The Bertz CT molecular complexity index is 147. The highest BCUT2D eigenvalue weighted by molar-refractivity contribution is 5.40. The van der Waals surface area contributed by atoms with Crippen LogP contribution in [0.25, 0.3) is 0 Å². The molecule has 4 rings (SSSR count). The molecule has 4 aliphatic rings. The fourth-order valence-corrected chi connectivity index (χ4v) is 3.00. The van der Waals surface area contributed by atoms with E-state index in [0.29, 0.717) is 12.0 Å². The molecule has 2 N–H and O–H groups in total. The monoisotopic (exact) mass is 125 g/mol. The highest BCUT2D eigenvalue weighted by Gasteiger charge is 2.88. The molecule has 4 fully saturated rings. The molecule has 2 aliphatic heterocycles. The number of nitrogens with one attached hydrogen (secondary N) is 1. The van der Waals surface area contributed by atoms with Crippen LogP contribution in [0.1, 0.15) is 6.42 Å². The summed E-state index contributed by atoms with van der Waals surface area (Å²) in [5, 5.41) is 12.1. The van der Waals surface area contributed by atoms with E-state index in [1.54, 1.807) is 0 Å². The Hall–Kier alpha value is -0.0800. The lowest BCUT2D eigenvalue weighted by atomic mass is 10.0. The number of piperidine rings is 1. The average molecular weight is 125 g/mol. The molecule has 4 atom stereocenters. The van der Waals surface area contributed by atoms with Crippen LogP contribution in [0, 0.1) is 17.3 Å². The first-order chi connectivity index (χ1) is 4.41. The average Bonchev–Trinajstić information content (AvgIpc) is 2.56. The van der Waals surface area contributed by atoms with Gasteiger partial charge in [-0.05, 0) is 30.2 Å². The fraction of sp³-hybridized carbons (Fsp3) is 1.00. The zero-order valence-electron chi connectivity index (χ0n) is 5.30.